The lowest BCUT2D eigenvalue weighted by Crippen LogP contribution is -2.48. The molecule has 3 rings (SSSR count). The number of methoxy groups -OCH3 is 1. The summed E-state index contributed by atoms with van der Waals surface area (Å²) in [5.74, 6) is 1.06. The summed E-state index contributed by atoms with van der Waals surface area (Å²) in [6, 6.07) is 15.8. The van der Waals surface area contributed by atoms with Gasteiger partial charge in [-0.3, -0.25) is 4.79 Å². The molecule has 1 amide bonds. The molecule has 0 aliphatic carbocycles. The van der Waals surface area contributed by atoms with E-state index in [9.17, 15) is 4.79 Å². The molecule has 0 radical (unpaired) electrons. The highest BCUT2D eigenvalue weighted by Crippen LogP contribution is 2.22. The van der Waals surface area contributed by atoms with E-state index in [2.05, 4.69) is 11.0 Å². The van der Waals surface area contributed by atoms with Gasteiger partial charge in [-0.05, 0) is 30.2 Å². The standard InChI is InChI=1S/C20H23ClN2O2/c1-25-18-7-4-6-17(15-18)22-11-13-23(14-12-22)20(24)10-9-16-5-2-3-8-19(16)21/h2-8,15H,9-14H2,1H3. The molecule has 0 saturated carbocycles. The maximum Gasteiger partial charge on any atom is 0.223 e. The lowest BCUT2D eigenvalue weighted by atomic mass is 10.1. The zero-order chi connectivity index (χ0) is 17.6. The van der Waals surface area contributed by atoms with E-state index in [1.54, 1.807) is 7.11 Å². The first kappa shape index (κ1) is 17.6. The summed E-state index contributed by atoms with van der Waals surface area (Å²) in [6.07, 6.45) is 1.19. The molecule has 25 heavy (non-hydrogen) atoms. The second-order valence-electron chi connectivity index (χ2n) is 6.16. The zero-order valence-corrected chi connectivity index (χ0v) is 15.2. The number of carbonyl (C=O) groups is 1. The second kappa shape index (κ2) is 8.26. The maximum atomic E-state index is 12.5. The average Bonchev–Trinajstić information content (AvgIpc) is 2.67. The number of nitrogens with zero attached hydrogens (tertiary/aromatic N) is 2. The number of halogens is 1. The van der Waals surface area contributed by atoms with Gasteiger partial charge in [0.2, 0.25) is 5.91 Å². The molecule has 1 aliphatic rings. The summed E-state index contributed by atoms with van der Waals surface area (Å²) < 4.78 is 5.29. The molecule has 0 N–H and O–H groups in total. The highest BCUT2D eigenvalue weighted by atomic mass is 35.5. The number of anilines is 1. The molecular weight excluding hydrogens is 336 g/mol. The number of amides is 1. The molecule has 0 spiro atoms. The zero-order valence-electron chi connectivity index (χ0n) is 14.5. The van der Waals surface area contributed by atoms with Gasteiger partial charge >= 0.3 is 0 Å². The third kappa shape index (κ3) is 4.45. The Bertz CT molecular complexity index is 727. The monoisotopic (exact) mass is 358 g/mol. The molecule has 1 fully saturated rings. The predicted octanol–water partition coefficient (Wildman–Crippen LogP) is 3.63. The average molecular weight is 359 g/mol. The Morgan fingerprint density at radius 3 is 2.56 bits per heavy atom. The number of piperazine rings is 1. The summed E-state index contributed by atoms with van der Waals surface area (Å²) in [6.45, 7) is 3.17. The topological polar surface area (TPSA) is 32.8 Å². The molecule has 0 aromatic heterocycles. The van der Waals surface area contributed by atoms with E-state index in [0.717, 1.165) is 48.2 Å². The number of benzene rings is 2. The molecule has 2 aromatic carbocycles. The van der Waals surface area contributed by atoms with E-state index >= 15 is 0 Å². The van der Waals surface area contributed by atoms with Crippen LogP contribution < -0.4 is 9.64 Å². The SMILES string of the molecule is COc1cccc(N2CCN(C(=O)CCc3ccccc3Cl)CC2)c1. The van der Waals surface area contributed by atoms with Crippen LogP contribution in [0.3, 0.4) is 0 Å². The lowest BCUT2D eigenvalue weighted by Gasteiger charge is -2.36. The van der Waals surface area contributed by atoms with Crippen LogP contribution in [-0.4, -0.2) is 44.1 Å². The van der Waals surface area contributed by atoms with E-state index in [1.165, 1.54) is 0 Å². The van der Waals surface area contributed by atoms with E-state index in [0.29, 0.717) is 12.8 Å². The van der Waals surface area contributed by atoms with Crippen LogP contribution in [0.5, 0.6) is 5.75 Å². The van der Waals surface area contributed by atoms with Gasteiger partial charge in [0.15, 0.2) is 0 Å². The Hall–Kier alpha value is -2.20. The van der Waals surface area contributed by atoms with Crippen molar-refractivity contribution in [3.05, 3.63) is 59.1 Å². The predicted molar refractivity (Wildman–Crippen MR) is 102 cm³/mol. The van der Waals surface area contributed by atoms with Crippen LogP contribution >= 0.6 is 11.6 Å². The van der Waals surface area contributed by atoms with Crippen LogP contribution in [0.1, 0.15) is 12.0 Å². The maximum absolute atomic E-state index is 12.5. The van der Waals surface area contributed by atoms with Gasteiger partial charge in [-0.2, -0.15) is 0 Å². The summed E-state index contributed by atoms with van der Waals surface area (Å²) >= 11 is 6.16. The fraction of sp³-hybridized carbons (Fsp3) is 0.350. The first-order chi connectivity index (χ1) is 12.2. The Balaban J connectivity index is 1.51. The Morgan fingerprint density at radius 2 is 1.84 bits per heavy atom. The van der Waals surface area contributed by atoms with Gasteiger partial charge in [-0.1, -0.05) is 35.9 Å². The van der Waals surface area contributed by atoms with Crippen molar-refractivity contribution in [2.75, 3.05) is 38.2 Å². The van der Waals surface area contributed by atoms with Crippen molar-refractivity contribution in [3.63, 3.8) is 0 Å². The van der Waals surface area contributed by atoms with Crippen molar-refractivity contribution >= 4 is 23.2 Å². The number of hydrogen-bond acceptors (Lipinski definition) is 3. The minimum absolute atomic E-state index is 0.199. The van der Waals surface area contributed by atoms with Crippen molar-refractivity contribution in [2.45, 2.75) is 12.8 Å². The van der Waals surface area contributed by atoms with Crippen LogP contribution in [-0.2, 0) is 11.2 Å². The summed E-state index contributed by atoms with van der Waals surface area (Å²) in [7, 11) is 1.68. The van der Waals surface area contributed by atoms with Gasteiger partial charge in [0, 0.05) is 49.4 Å². The van der Waals surface area contributed by atoms with E-state index in [4.69, 9.17) is 16.3 Å². The quantitative estimate of drug-likeness (QED) is 0.818. The molecule has 0 bridgehead atoms. The molecule has 4 nitrogen and oxygen atoms in total. The van der Waals surface area contributed by atoms with Gasteiger partial charge in [-0.15, -0.1) is 0 Å². The Labute approximate surface area is 154 Å². The van der Waals surface area contributed by atoms with Crippen molar-refractivity contribution in [1.82, 2.24) is 4.90 Å². The molecular formula is C20H23ClN2O2. The molecule has 5 heteroatoms. The van der Waals surface area contributed by atoms with Gasteiger partial charge in [0.25, 0.3) is 0 Å². The normalized spacial score (nSPS) is 14.5. The summed E-state index contributed by atoms with van der Waals surface area (Å²) in [4.78, 5) is 16.7. The van der Waals surface area contributed by atoms with Crippen LogP contribution in [0.15, 0.2) is 48.5 Å². The Morgan fingerprint density at radius 1 is 1.08 bits per heavy atom. The smallest absolute Gasteiger partial charge is 0.223 e. The number of aryl methyl sites for hydroxylation is 1. The van der Waals surface area contributed by atoms with Crippen molar-refractivity contribution in [2.24, 2.45) is 0 Å². The van der Waals surface area contributed by atoms with Crippen LogP contribution in [0.25, 0.3) is 0 Å². The number of ether oxygens (including phenoxy) is 1. The van der Waals surface area contributed by atoms with E-state index in [1.807, 2.05) is 47.4 Å². The van der Waals surface area contributed by atoms with Crippen molar-refractivity contribution < 1.29 is 9.53 Å². The third-order valence-corrected chi connectivity index (χ3v) is 4.99. The molecule has 132 valence electrons. The molecule has 0 atom stereocenters. The van der Waals surface area contributed by atoms with E-state index < -0.39 is 0 Å². The van der Waals surface area contributed by atoms with E-state index in [-0.39, 0.29) is 5.91 Å². The Kier molecular flexibility index (Phi) is 5.82. The molecule has 1 saturated heterocycles. The molecule has 1 heterocycles. The largest absolute Gasteiger partial charge is 0.497 e. The highest BCUT2D eigenvalue weighted by Gasteiger charge is 2.21. The third-order valence-electron chi connectivity index (χ3n) is 4.62. The fourth-order valence-electron chi connectivity index (χ4n) is 3.12. The molecule has 0 unspecified atom stereocenters. The minimum atomic E-state index is 0.199. The van der Waals surface area contributed by atoms with Crippen molar-refractivity contribution in [3.8, 4) is 5.75 Å². The summed E-state index contributed by atoms with van der Waals surface area (Å²) in [5.41, 5.74) is 2.18. The van der Waals surface area contributed by atoms with Crippen LogP contribution in [0.4, 0.5) is 5.69 Å². The fourth-order valence-corrected chi connectivity index (χ4v) is 3.35. The lowest BCUT2D eigenvalue weighted by molar-refractivity contribution is -0.131. The van der Waals surface area contributed by atoms with Gasteiger partial charge in [0.05, 0.1) is 7.11 Å². The first-order valence-electron chi connectivity index (χ1n) is 8.57. The van der Waals surface area contributed by atoms with Gasteiger partial charge < -0.3 is 14.5 Å². The second-order valence-corrected chi connectivity index (χ2v) is 6.57. The first-order valence-corrected chi connectivity index (χ1v) is 8.95. The number of hydrogen-bond donors (Lipinski definition) is 0. The number of rotatable bonds is 5. The van der Waals surface area contributed by atoms with Gasteiger partial charge in [-0.25, -0.2) is 0 Å². The number of carbonyl (C=O) groups excluding carboxylic acids is 1. The summed E-state index contributed by atoms with van der Waals surface area (Å²) in [5, 5.41) is 0.734. The van der Waals surface area contributed by atoms with Crippen molar-refractivity contribution in [1.29, 1.82) is 0 Å². The molecule has 1 aliphatic heterocycles. The van der Waals surface area contributed by atoms with Crippen LogP contribution in [0, 0.1) is 0 Å². The minimum Gasteiger partial charge on any atom is -0.497 e. The highest BCUT2D eigenvalue weighted by molar-refractivity contribution is 6.31. The molecule has 2 aromatic rings. The van der Waals surface area contributed by atoms with Gasteiger partial charge in [0.1, 0.15) is 5.75 Å². The van der Waals surface area contributed by atoms with Crippen LogP contribution in [0.2, 0.25) is 5.02 Å².